The Labute approximate surface area is 165 Å². The SMILES string of the molecule is Cc1cc2n(n1)CCN(C(=O)NC(CCn1ccnc1C)c1ccccc1)C2. The summed E-state index contributed by atoms with van der Waals surface area (Å²) in [6, 6.07) is 12.1. The topological polar surface area (TPSA) is 68.0 Å². The summed E-state index contributed by atoms with van der Waals surface area (Å²) in [6.07, 6.45) is 4.59. The number of aryl methyl sites for hydroxylation is 3. The standard InChI is InChI=1S/C21H26N6O/c1-16-14-19-15-26(12-13-27(19)24-16)21(28)23-20(18-6-4-3-5-7-18)8-10-25-11-9-22-17(25)2/h3-7,9,11,14,20H,8,10,12-13,15H2,1-2H3,(H,23,28). The summed E-state index contributed by atoms with van der Waals surface area (Å²) >= 11 is 0. The van der Waals surface area contributed by atoms with Crippen LogP contribution in [0.15, 0.2) is 48.8 Å². The zero-order valence-electron chi connectivity index (χ0n) is 16.4. The first kappa shape index (κ1) is 18.3. The quantitative estimate of drug-likeness (QED) is 0.742. The molecule has 0 bridgehead atoms. The summed E-state index contributed by atoms with van der Waals surface area (Å²) in [4.78, 5) is 19.1. The van der Waals surface area contributed by atoms with E-state index in [4.69, 9.17) is 0 Å². The van der Waals surface area contributed by atoms with Crippen molar-refractivity contribution in [2.45, 2.75) is 45.9 Å². The van der Waals surface area contributed by atoms with E-state index in [1.807, 2.05) is 54.0 Å². The van der Waals surface area contributed by atoms with Gasteiger partial charge in [0.25, 0.3) is 0 Å². The van der Waals surface area contributed by atoms with Gasteiger partial charge < -0.3 is 14.8 Å². The molecule has 1 unspecified atom stereocenters. The number of fused-ring (bicyclic) bond motifs is 1. The number of urea groups is 1. The average Bonchev–Trinajstić information content (AvgIpc) is 3.29. The molecule has 3 aromatic rings. The van der Waals surface area contributed by atoms with Crippen LogP contribution in [0.5, 0.6) is 0 Å². The molecule has 1 aliphatic rings. The summed E-state index contributed by atoms with van der Waals surface area (Å²) in [5, 5.41) is 7.72. The lowest BCUT2D eigenvalue weighted by Crippen LogP contribution is -2.45. The number of amides is 2. The highest BCUT2D eigenvalue weighted by Gasteiger charge is 2.24. The van der Waals surface area contributed by atoms with Crippen LogP contribution in [0.4, 0.5) is 4.79 Å². The molecular weight excluding hydrogens is 352 g/mol. The molecule has 1 aliphatic heterocycles. The number of carbonyl (C=O) groups excluding carboxylic acids is 1. The summed E-state index contributed by atoms with van der Waals surface area (Å²) in [5.41, 5.74) is 3.20. The van der Waals surface area contributed by atoms with Gasteiger partial charge in [0.15, 0.2) is 0 Å². The van der Waals surface area contributed by atoms with Gasteiger partial charge in [0.2, 0.25) is 0 Å². The van der Waals surface area contributed by atoms with Crippen LogP contribution >= 0.6 is 0 Å². The molecule has 7 heteroatoms. The Balaban J connectivity index is 1.46. The van der Waals surface area contributed by atoms with Crippen LogP contribution in [0.1, 0.15) is 35.2 Å². The number of hydrogen-bond donors (Lipinski definition) is 1. The van der Waals surface area contributed by atoms with Crippen molar-refractivity contribution in [2.24, 2.45) is 0 Å². The van der Waals surface area contributed by atoms with E-state index in [0.717, 1.165) is 42.3 Å². The van der Waals surface area contributed by atoms with E-state index in [-0.39, 0.29) is 12.1 Å². The largest absolute Gasteiger partial charge is 0.335 e. The minimum absolute atomic E-state index is 0.0266. The van der Waals surface area contributed by atoms with E-state index < -0.39 is 0 Å². The Morgan fingerprint density at radius 3 is 2.79 bits per heavy atom. The van der Waals surface area contributed by atoms with Gasteiger partial charge in [0.1, 0.15) is 5.82 Å². The Bertz CT molecular complexity index is 945. The average molecular weight is 378 g/mol. The minimum Gasteiger partial charge on any atom is -0.335 e. The first-order valence-corrected chi connectivity index (χ1v) is 9.71. The molecule has 1 atom stereocenters. The van der Waals surface area contributed by atoms with Gasteiger partial charge in [-0.2, -0.15) is 5.10 Å². The zero-order chi connectivity index (χ0) is 19.5. The third-order valence-corrected chi connectivity index (χ3v) is 5.29. The molecule has 7 nitrogen and oxygen atoms in total. The second kappa shape index (κ2) is 7.88. The summed E-state index contributed by atoms with van der Waals surface area (Å²) < 4.78 is 4.11. The van der Waals surface area contributed by atoms with Crippen molar-refractivity contribution in [2.75, 3.05) is 6.54 Å². The molecule has 0 aliphatic carbocycles. The van der Waals surface area contributed by atoms with Crippen molar-refractivity contribution >= 4 is 6.03 Å². The second-order valence-corrected chi connectivity index (χ2v) is 7.29. The maximum atomic E-state index is 13.0. The smallest absolute Gasteiger partial charge is 0.318 e. The van der Waals surface area contributed by atoms with Crippen molar-refractivity contribution in [3.05, 3.63) is 71.6 Å². The minimum atomic E-state index is -0.0518. The Hall–Kier alpha value is -3.09. The van der Waals surface area contributed by atoms with Crippen molar-refractivity contribution in [3.63, 3.8) is 0 Å². The van der Waals surface area contributed by atoms with Gasteiger partial charge in [-0.1, -0.05) is 30.3 Å². The number of hydrogen-bond acceptors (Lipinski definition) is 3. The van der Waals surface area contributed by atoms with Crippen LogP contribution < -0.4 is 5.32 Å². The Morgan fingerprint density at radius 1 is 1.21 bits per heavy atom. The molecule has 1 N–H and O–H groups in total. The summed E-state index contributed by atoms with van der Waals surface area (Å²) in [5.74, 6) is 0.984. The third kappa shape index (κ3) is 3.93. The summed E-state index contributed by atoms with van der Waals surface area (Å²) in [7, 11) is 0. The number of benzene rings is 1. The number of nitrogens with zero attached hydrogens (tertiary/aromatic N) is 5. The maximum absolute atomic E-state index is 13.0. The number of imidazole rings is 1. The highest BCUT2D eigenvalue weighted by atomic mass is 16.2. The fourth-order valence-corrected chi connectivity index (χ4v) is 3.74. The molecule has 0 fully saturated rings. The van der Waals surface area contributed by atoms with E-state index in [9.17, 15) is 4.79 Å². The van der Waals surface area contributed by atoms with Gasteiger partial charge in [-0.15, -0.1) is 0 Å². The summed E-state index contributed by atoms with van der Waals surface area (Å²) in [6.45, 7) is 6.78. The van der Waals surface area contributed by atoms with Crippen molar-refractivity contribution in [1.82, 2.24) is 29.5 Å². The second-order valence-electron chi connectivity index (χ2n) is 7.29. The number of aromatic nitrogens is 4. The van der Waals surface area contributed by atoms with Crippen LogP contribution in [0.25, 0.3) is 0 Å². The molecule has 0 saturated carbocycles. The van der Waals surface area contributed by atoms with Crippen LogP contribution in [-0.2, 0) is 19.6 Å². The Morgan fingerprint density at radius 2 is 2.04 bits per heavy atom. The normalized spacial score (nSPS) is 14.6. The molecule has 4 rings (SSSR count). The molecule has 0 spiro atoms. The Kier molecular flexibility index (Phi) is 5.14. The number of rotatable bonds is 5. The molecule has 1 aromatic carbocycles. The van der Waals surface area contributed by atoms with Crippen molar-refractivity contribution in [3.8, 4) is 0 Å². The maximum Gasteiger partial charge on any atom is 0.318 e. The van der Waals surface area contributed by atoms with Crippen LogP contribution in [0, 0.1) is 13.8 Å². The number of nitrogens with one attached hydrogen (secondary N) is 1. The molecule has 146 valence electrons. The lowest BCUT2D eigenvalue weighted by atomic mass is 10.0. The highest BCUT2D eigenvalue weighted by molar-refractivity contribution is 5.74. The van der Waals surface area contributed by atoms with E-state index in [1.165, 1.54) is 0 Å². The van der Waals surface area contributed by atoms with E-state index in [0.29, 0.717) is 13.1 Å². The number of carbonyl (C=O) groups is 1. The van der Waals surface area contributed by atoms with Gasteiger partial charge in [-0.3, -0.25) is 4.68 Å². The molecular formula is C21H26N6O. The van der Waals surface area contributed by atoms with Crippen molar-refractivity contribution in [1.29, 1.82) is 0 Å². The van der Waals surface area contributed by atoms with E-state index in [1.54, 1.807) is 0 Å². The lowest BCUT2D eigenvalue weighted by molar-refractivity contribution is 0.176. The fraction of sp³-hybridized carbons (Fsp3) is 0.381. The third-order valence-electron chi connectivity index (χ3n) is 5.29. The molecule has 2 amide bonds. The van der Waals surface area contributed by atoms with Gasteiger partial charge in [0, 0.05) is 25.5 Å². The first-order chi connectivity index (χ1) is 13.6. The fourth-order valence-electron chi connectivity index (χ4n) is 3.74. The van der Waals surface area contributed by atoms with E-state index >= 15 is 0 Å². The first-order valence-electron chi connectivity index (χ1n) is 9.71. The van der Waals surface area contributed by atoms with Gasteiger partial charge in [-0.25, -0.2) is 9.78 Å². The molecule has 0 saturated heterocycles. The van der Waals surface area contributed by atoms with Gasteiger partial charge in [-0.05, 0) is 31.9 Å². The predicted molar refractivity (Wildman–Crippen MR) is 107 cm³/mol. The zero-order valence-corrected chi connectivity index (χ0v) is 16.4. The molecule has 3 heterocycles. The van der Waals surface area contributed by atoms with E-state index in [2.05, 4.69) is 38.2 Å². The van der Waals surface area contributed by atoms with Gasteiger partial charge >= 0.3 is 6.03 Å². The van der Waals surface area contributed by atoms with Crippen LogP contribution in [-0.4, -0.2) is 36.8 Å². The monoisotopic (exact) mass is 378 g/mol. The predicted octanol–water partition coefficient (Wildman–Crippen LogP) is 3.05. The van der Waals surface area contributed by atoms with Crippen LogP contribution in [0.2, 0.25) is 0 Å². The molecule has 28 heavy (non-hydrogen) atoms. The van der Waals surface area contributed by atoms with Crippen LogP contribution in [0.3, 0.4) is 0 Å². The van der Waals surface area contributed by atoms with Gasteiger partial charge in [0.05, 0.1) is 30.5 Å². The van der Waals surface area contributed by atoms with Crippen molar-refractivity contribution < 1.29 is 4.79 Å². The molecule has 2 aromatic heterocycles. The lowest BCUT2D eigenvalue weighted by Gasteiger charge is -2.30. The molecule has 0 radical (unpaired) electrons. The highest BCUT2D eigenvalue weighted by Crippen LogP contribution is 2.20.